The number of amides is 2. The smallest absolute Gasteiger partial charge is 0.389 e. The maximum atomic E-state index is 13.8. The minimum absolute atomic E-state index is 0.0538. The van der Waals surface area contributed by atoms with Gasteiger partial charge in [-0.15, -0.1) is 0 Å². The first-order valence-corrected chi connectivity index (χ1v) is 13.6. The number of benzene rings is 1. The van der Waals surface area contributed by atoms with Gasteiger partial charge < -0.3 is 24.6 Å². The number of morpholine rings is 1. The lowest BCUT2D eigenvalue weighted by Gasteiger charge is -2.29. The molecule has 0 bridgehead atoms. The molecule has 3 aliphatic rings. The van der Waals surface area contributed by atoms with Gasteiger partial charge in [0.1, 0.15) is 11.9 Å². The zero-order valence-corrected chi connectivity index (χ0v) is 22.3. The molecule has 1 saturated carbocycles. The van der Waals surface area contributed by atoms with Crippen LogP contribution in [0.2, 0.25) is 0 Å². The average molecular weight is 569 g/mol. The third-order valence-corrected chi connectivity index (χ3v) is 7.66. The minimum atomic E-state index is -4.26. The van der Waals surface area contributed by atoms with E-state index in [0.717, 1.165) is 16.7 Å². The molecule has 1 aromatic heterocycles. The molecule has 3 heterocycles. The summed E-state index contributed by atoms with van der Waals surface area (Å²) in [5, 5.41) is 2.81. The predicted octanol–water partition coefficient (Wildman–Crippen LogP) is 6.27. The van der Waals surface area contributed by atoms with E-state index in [1.165, 1.54) is 4.90 Å². The summed E-state index contributed by atoms with van der Waals surface area (Å²) in [6, 6.07) is 8.54. The van der Waals surface area contributed by atoms with Gasteiger partial charge in [-0.3, -0.25) is 0 Å². The fourth-order valence-electron chi connectivity index (χ4n) is 5.57. The van der Waals surface area contributed by atoms with E-state index < -0.39 is 36.6 Å². The molecule has 2 aliphatic heterocycles. The van der Waals surface area contributed by atoms with Gasteiger partial charge in [-0.1, -0.05) is 6.07 Å². The molecule has 1 aromatic carbocycles. The van der Waals surface area contributed by atoms with E-state index in [-0.39, 0.29) is 38.2 Å². The molecule has 218 valence electrons. The molecule has 12 heteroatoms. The summed E-state index contributed by atoms with van der Waals surface area (Å²) < 4.78 is 77.3. The van der Waals surface area contributed by atoms with Crippen LogP contribution in [0, 0.1) is 12.8 Å². The molecule has 2 aromatic rings. The van der Waals surface area contributed by atoms with Crippen LogP contribution in [-0.2, 0) is 4.74 Å². The number of anilines is 2. The van der Waals surface area contributed by atoms with E-state index >= 15 is 0 Å². The van der Waals surface area contributed by atoms with Crippen LogP contribution in [0.1, 0.15) is 37.7 Å². The van der Waals surface area contributed by atoms with Crippen LogP contribution in [0.25, 0.3) is 11.1 Å². The molecule has 3 fully saturated rings. The van der Waals surface area contributed by atoms with Gasteiger partial charge in [-0.05, 0) is 60.6 Å². The number of rotatable bonds is 6. The van der Waals surface area contributed by atoms with Gasteiger partial charge in [0.25, 0.3) is 5.92 Å². The van der Waals surface area contributed by atoms with Crippen LogP contribution in [0.15, 0.2) is 30.3 Å². The van der Waals surface area contributed by atoms with E-state index in [0.29, 0.717) is 44.2 Å². The second kappa shape index (κ2) is 11.4. The quantitative estimate of drug-likeness (QED) is 0.417. The fourth-order valence-corrected chi connectivity index (χ4v) is 5.57. The zero-order chi connectivity index (χ0) is 28.5. The van der Waals surface area contributed by atoms with Gasteiger partial charge in [-0.25, -0.2) is 13.6 Å². The number of alkyl halides is 5. The molecule has 2 saturated heterocycles. The Balaban J connectivity index is 1.37. The second-order valence-corrected chi connectivity index (χ2v) is 10.9. The molecule has 5 rings (SSSR count). The zero-order valence-electron chi connectivity index (χ0n) is 22.3. The maximum absolute atomic E-state index is 13.8. The number of hydrogen-bond acceptors (Lipinski definition) is 5. The van der Waals surface area contributed by atoms with Gasteiger partial charge in [0.05, 0.1) is 13.2 Å². The summed E-state index contributed by atoms with van der Waals surface area (Å²) in [7, 11) is 0. The summed E-state index contributed by atoms with van der Waals surface area (Å²) in [6.45, 7) is 4.55. The Morgan fingerprint density at radius 3 is 2.62 bits per heavy atom. The number of carbonyl (C=O) groups is 1. The number of aryl methyl sites for hydroxylation is 1. The van der Waals surface area contributed by atoms with E-state index in [1.807, 2.05) is 19.1 Å². The molecule has 7 nitrogen and oxygen atoms in total. The summed E-state index contributed by atoms with van der Waals surface area (Å²) in [4.78, 5) is 20.9. The lowest BCUT2D eigenvalue weighted by atomic mass is 10.00. The molecule has 0 radical (unpaired) electrons. The van der Waals surface area contributed by atoms with Crippen molar-refractivity contribution in [1.82, 2.24) is 9.88 Å². The standard InChI is InChI=1S/C28H33F5N4O3/c1-18-2-3-21(34-26(38)37-7-5-19(17-37)15-28(31,32)33)14-23(18)20-12-24(36-8-10-39-11-9-36)35-25(13-20)40-22-4-6-27(29,30)16-22/h2-3,12-14,19,22H,4-11,15-17H2,1H3,(H,34,38)/t19-,22+/m0/s1. The van der Waals surface area contributed by atoms with Crippen molar-refractivity contribution in [3.63, 3.8) is 0 Å². The van der Waals surface area contributed by atoms with Crippen molar-refractivity contribution in [2.75, 3.05) is 49.6 Å². The third-order valence-electron chi connectivity index (χ3n) is 7.66. The molecule has 2 amide bonds. The number of likely N-dealkylation sites (tertiary alicyclic amines) is 1. The summed E-state index contributed by atoms with van der Waals surface area (Å²) in [5.41, 5.74) is 2.93. The van der Waals surface area contributed by atoms with E-state index in [4.69, 9.17) is 9.47 Å². The normalized spacial score (nSPS) is 22.9. The highest BCUT2D eigenvalue weighted by Gasteiger charge is 2.41. The highest BCUT2D eigenvalue weighted by atomic mass is 19.4. The molecule has 0 spiro atoms. The highest BCUT2D eigenvalue weighted by molar-refractivity contribution is 5.90. The highest BCUT2D eigenvalue weighted by Crippen LogP contribution is 2.38. The Morgan fingerprint density at radius 2 is 1.93 bits per heavy atom. The largest absolute Gasteiger partial charge is 0.474 e. The van der Waals surface area contributed by atoms with Crippen LogP contribution in [0.3, 0.4) is 0 Å². The number of hydrogen-bond donors (Lipinski definition) is 1. The average Bonchev–Trinajstić information content (AvgIpc) is 3.49. The Morgan fingerprint density at radius 1 is 1.15 bits per heavy atom. The van der Waals surface area contributed by atoms with Crippen LogP contribution in [0.4, 0.5) is 38.3 Å². The lowest BCUT2D eigenvalue weighted by molar-refractivity contribution is -0.143. The van der Waals surface area contributed by atoms with Gasteiger partial charge in [0.15, 0.2) is 0 Å². The Hall–Kier alpha value is -3.15. The van der Waals surface area contributed by atoms with Crippen molar-refractivity contribution >= 4 is 17.5 Å². The topological polar surface area (TPSA) is 66.9 Å². The minimum Gasteiger partial charge on any atom is -0.474 e. The molecule has 2 atom stereocenters. The monoisotopic (exact) mass is 568 g/mol. The predicted molar refractivity (Wildman–Crippen MR) is 140 cm³/mol. The number of nitrogens with zero attached hydrogens (tertiary/aromatic N) is 3. The maximum Gasteiger partial charge on any atom is 0.389 e. The third kappa shape index (κ3) is 7.13. The van der Waals surface area contributed by atoms with Crippen LogP contribution >= 0.6 is 0 Å². The van der Waals surface area contributed by atoms with Crippen molar-refractivity contribution in [2.24, 2.45) is 5.92 Å². The van der Waals surface area contributed by atoms with Crippen LogP contribution < -0.4 is 15.0 Å². The first-order valence-electron chi connectivity index (χ1n) is 13.6. The van der Waals surface area contributed by atoms with Gasteiger partial charge >= 0.3 is 12.2 Å². The lowest BCUT2D eigenvalue weighted by Crippen LogP contribution is -2.36. The number of aromatic nitrogens is 1. The molecular weight excluding hydrogens is 535 g/mol. The first kappa shape index (κ1) is 28.4. The van der Waals surface area contributed by atoms with E-state index in [9.17, 15) is 26.7 Å². The Labute approximate surface area is 229 Å². The van der Waals surface area contributed by atoms with Gasteiger partial charge in [0.2, 0.25) is 5.88 Å². The molecule has 0 unspecified atom stereocenters. The summed E-state index contributed by atoms with van der Waals surface area (Å²) in [5.74, 6) is -2.46. The van der Waals surface area contributed by atoms with Crippen molar-refractivity contribution in [2.45, 2.75) is 57.2 Å². The number of urea groups is 1. The van der Waals surface area contributed by atoms with Gasteiger partial charge in [0, 0.05) is 57.2 Å². The first-order chi connectivity index (χ1) is 18.9. The van der Waals surface area contributed by atoms with Gasteiger partial charge in [-0.2, -0.15) is 18.2 Å². The molecule has 1 aliphatic carbocycles. The van der Waals surface area contributed by atoms with E-state index in [2.05, 4.69) is 15.2 Å². The molecular formula is C28H33F5N4O3. The number of carbonyl (C=O) groups excluding carboxylic acids is 1. The number of halogens is 5. The van der Waals surface area contributed by atoms with Crippen molar-refractivity contribution in [3.8, 4) is 17.0 Å². The molecule has 1 N–H and O–H groups in total. The van der Waals surface area contributed by atoms with Crippen LogP contribution in [-0.4, -0.2) is 73.5 Å². The Bertz CT molecular complexity index is 1220. The van der Waals surface area contributed by atoms with Crippen molar-refractivity contribution in [3.05, 3.63) is 35.9 Å². The number of nitrogens with one attached hydrogen (secondary N) is 1. The van der Waals surface area contributed by atoms with Crippen molar-refractivity contribution in [1.29, 1.82) is 0 Å². The number of ether oxygens (including phenoxy) is 2. The van der Waals surface area contributed by atoms with Crippen molar-refractivity contribution < 1.29 is 36.2 Å². The molecule has 40 heavy (non-hydrogen) atoms. The Kier molecular flexibility index (Phi) is 8.08. The SMILES string of the molecule is Cc1ccc(NC(=O)N2CC[C@@H](CC(F)(F)F)C2)cc1-c1cc(O[C@@H]2CCC(F)(F)C2)nc(N2CCOCC2)c1. The summed E-state index contributed by atoms with van der Waals surface area (Å²) in [6.07, 6.45) is -5.81. The second-order valence-electron chi connectivity index (χ2n) is 10.9. The number of pyridine rings is 1. The fraction of sp³-hybridized carbons (Fsp3) is 0.571. The summed E-state index contributed by atoms with van der Waals surface area (Å²) >= 11 is 0. The van der Waals surface area contributed by atoms with E-state index in [1.54, 1.807) is 18.2 Å². The van der Waals surface area contributed by atoms with Crippen LogP contribution in [0.5, 0.6) is 5.88 Å².